The van der Waals surface area contributed by atoms with E-state index in [4.69, 9.17) is 28.1 Å². The molecule has 0 fully saturated rings. The number of carboxylic acids is 1. The van der Waals surface area contributed by atoms with Crippen LogP contribution in [0, 0.1) is 6.92 Å². The average molecular weight is 589 g/mol. The molecule has 4 rings (SSSR count). The number of carbonyl (C=O) groups excluding carboxylic acids is 1. The number of allylic oxidation sites excluding steroid dienone is 1. The van der Waals surface area contributed by atoms with E-state index in [2.05, 4.69) is 6.07 Å². The summed E-state index contributed by atoms with van der Waals surface area (Å²) in [6.07, 6.45) is 3.19. The minimum Gasteiger partial charge on any atom is -0.493 e. The third-order valence-corrected chi connectivity index (χ3v) is 7.17. The van der Waals surface area contributed by atoms with Crippen LogP contribution in [-0.4, -0.2) is 44.5 Å². The molecule has 9 nitrogen and oxygen atoms in total. The van der Waals surface area contributed by atoms with Gasteiger partial charge >= 0.3 is 11.9 Å². The minimum absolute atomic E-state index is 0.202. The van der Waals surface area contributed by atoms with E-state index in [-0.39, 0.29) is 12.2 Å². The van der Waals surface area contributed by atoms with Crippen LogP contribution in [0.2, 0.25) is 0 Å². The third-order valence-electron chi connectivity index (χ3n) is 7.17. The highest BCUT2D eigenvalue weighted by Gasteiger charge is 2.27. The molecule has 2 atom stereocenters. The molecule has 0 bridgehead atoms. The van der Waals surface area contributed by atoms with Gasteiger partial charge in [-0.25, -0.2) is 0 Å². The summed E-state index contributed by atoms with van der Waals surface area (Å²) < 4.78 is 34.5. The number of carbonyl (C=O) groups is 2. The molecule has 9 heteroatoms. The molecule has 1 heterocycles. The summed E-state index contributed by atoms with van der Waals surface area (Å²) in [6.45, 7) is 7.05. The number of aliphatic carboxylic acids is 1. The summed E-state index contributed by atoms with van der Waals surface area (Å²) in [5.74, 6) is 0.744. The second kappa shape index (κ2) is 13.4. The van der Waals surface area contributed by atoms with E-state index in [0.29, 0.717) is 39.9 Å². The van der Waals surface area contributed by atoms with Crippen molar-refractivity contribution in [2.45, 2.75) is 46.1 Å². The molecule has 226 valence electrons. The Kier molecular flexibility index (Phi) is 9.65. The number of methoxy groups -OCH3 is 3. The van der Waals surface area contributed by atoms with Gasteiger partial charge in [-0.2, -0.15) is 0 Å². The molecule has 0 saturated heterocycles. The highest BCUT2D eigenvalue weighted by atomic mass is 16.6. The lowest BCUT2D eigenvalue weighted by Gasteiger charge is -2.26. The van der Waals surface area contributed by atoms with Crippen LogP contribution in [0.4, 0.5) is 0 Å². The first-order valence-corrected chi connectivity index (χ1v) is 13.8. The van der Waals surface area contributed by atoms with Crippen molar-refractivity contribution in [3.8, 4) is 40.1 Å². The van der Waals surface area contributed by atoms with Gasteiger partial charge in [-0.15, -0.1) is 0 Å². The van der Waals surface area contributed by atoms with Gasteiger partial charge in [0.2, 0.25) is 0 Å². The van der Waals surface area contributed by atoms with Gasteiger partial charge in [0.25, 0.3) is 0 Å². The van der Waals surface area contributed by atoms with E-state index in [1.807, 2.05) is 44.2 Å². The fourth-order valence-corrected chi connectivity index (χ4v) is 5.11. The quantitative estimate of drug-likeness (QED) is 0.133. The van der Waals surface area contributed by atoms with Crippen LogP contribution in [0.15, 0.2) is 59.0 Å². The number of esters is 1. The maximum absolute atomic E-state index is 11.8. The predicted octanol–water partition coefficient (Wildman–Crippen LogP) is 7.42. The summed E-state index contributed by atoms with van der Waals surface area (Å²) in [6, 6.07) is 14.4. The van der Waals surface area contributed by atoms with Crippen LogP contribution in [0.1, 0.15) is 49.8 Å². The Labute approximate surface area is 250 Å². The zero-order chi connectivity index (χ0) is 31.3. The molecular weight excluding hydrogens is 552 g/mol. The van der Waals surface area contributed by atoms with Crippen LogP contribution in [-0.2, 0) is 9.59 Å². The Morgan fingerprint density at radius 1 is 0.907 bits per heavy atom. The highest BCUT2D eigenvalue weighted by Crippen LogP contribution is 2.42. The second-order valence-electron chi connectivity index (χ2n) is 10.1. The molecule has 0 saturated carbocycles. The Bertz CT molecular complexity index is 1660. The van der Waals surface area contributed by atoms with Crippen molar-refractivity contribution in [1.29, 1.82) is 0 Å². The number of hydrogen-bond acceptors (Lipinski definition) is 8. The normalized spacial score (nSPS) is 12.6. The molecule has 0 aliphatic carbocycles. The number of aryl methyl sites for hydroxylation is 1. The monoisotopic (exact) mass is 588 g/mol. The molecular formula is C34H36O9. The molecule has 1 N–H and O–H groups in total. The summed E-state index contributed by atoms with van der Waals surface area (Å²) in [7, 11) is 4.61. The second-order valence-corrected chi connectivity index (χ2v) is 10.1. The van der Waals surface area contributed by atoms with Crippen molar-refractivity contribution in [1.82, 2.24) is 0 Å². The molecule has 0 aliphatic heterocycles. The number of ether oxygens (including phenoxy) is 5. The van der Waals surface area contributed by atoms with E-state index < -0.39 is 24.0 Å². The fourth-order valence-electron chi connectivity index (χ4n) is 5.11. The lowest BCUT2D eigenvalue weighted by Crippen LogP contribution is -2.25. The van der Waals surface area contributed by atoms with E-state index in [9.17, 15) is 14.7 Å². The van der Waals surface area contributed by atoms with Crippen molar-refractivity contribution in [3.63, 3.8) is 0 Å². The third kappa shape index (κ3) is 6.77. The summed E-state index contributed by atoms with van der Waals surface area (Å²) in [4.78, 5) is 23.3. The van der Waals surface area contributed by atoms with E-state index >= 15 is 0 Å². The number of furan rings is 1. The number of rotatable bonds is 12. The molecule has 4 aromatic rings. The van der Waals surface area contributed by atoms with Gasteiger partial charge in [-0.05, 0) is 74.4 Å². The maximum Gasteiger partial charge on any atom is 0.308 e. The van der Waals surface area contributed by atoms with Crippen LogP contribution < -0.4 is 23.7 Å². The number of hydrogen-bond donors (Lipinski definition) is 1. The van der Waals surface area contributed by atoms with Crippen LogP contribution in [0.25, 0.3) is 28.4 Å². The Morgan fingerprint density at radius 2 is 1.58 bits per heavy atom. The summed E-state index contributed by atoms with van der Waals surface area (Å²) in [5.41, 5.74) is 4.06. The Balaban J connectivity index is 1.67. The first-order chi connectivity index (χ1) is 20.6. The van der Waals surface area contributed by atoms with Crippen molar-refractivity contribution >= 4 is 29.0 Å². The van der Waals surface area contributed by atoms with Gasteiger partial charge in [0.15, 0.2) is 34.3 Å². The molecule has 3 aromatic carbocycles. The number of fused-ring (bicyclic) bond motifs is 1. The molecule has 0 amide bonds. The van der Waals surface area contributed by atoms with E-state index in [1.165, 1.54) is 14.0 Å². The van der Waals surface area contributed by atoms with Crippen LogP contribution in [0.3, 0.4) is 0 Å². The fraction of sp³-hybridized carbons (Fsp3) is 0.294. The molecule has 43 heavy (non-hydrogen) atoms. The largest absolute Gasteiger partial charge is 0.493 e. The van der Waals surface area contributed by atoms with E-state index in [1.54, 1.807) is 45.4 Å². The first-order valence-electron chi connectivity index (χ1n) is 13.8. The zero-order valence-corrected chi connectivity index (χ0v) is 25.3. The SMILES string of the molecule is C/C=C/c1cc(OC)c2oc(-c3ccc(OC(C)C(CC(=O)O)c4ccc(OC(C)=O)c(OC)c4)c(OC)c3)c(C)c2c1. The molecule has 0 spiro atoms. The van der Waals surface area contributed by atoms with Gasteiger partial charge in [0.05, 0.1) is 27.8 Å². The smallest absolute Gasteiger partial charge is 0.308 e. The zero-order valence-electron chi connectivity index (χ0n) is 25.3. The summed E-state index contributed by atoms with van der Waals surface area (Å²) in [5, 5.41) is 10.6. The minimum atomic E-state index is -0.987. The van der Waals surface area contributed by atoms with Gasteiger partial charge in [0, 0.05) is 29.4 Å². The van der Waals surface area contributed by atoms with Crippen molar-refractivity contribution < 1.29 is 42.8 Å². The number of carboxylic acid groups (broad SMARTS) is 1. The van der Waals surface area contributed by atoms with Crippen molar-refractivity contribution in [2.24, 2.45) is 0 Å². The lowest BCUT2D eigenvalue weighted by molar-refractivity contribution is -0.138. The summed E-state index contributed by atoms with van der Waals surface area (Å²) >= 11 is 0. The molecule has 2 unspecified atom stereocenters. The Hall–Kier alpha value is -4.92. The first kappa shape index (κ1) is 31.0. The van der Waals surface area contributed by atoms with Crippen LogP contribution >= 0.6 is 0 Å². The van der Waals surface area contributed by atoms with Gasteiger partial charge in [0.1, 0.15) is 11.9 Å². The van der Waals surface area contributed by atoms with Gasteiger partial charge < -0.3 is 33.2 Å². The highest BCUT2D eigenvalue weighted by molar-refractivity contribution is 5.93. The van der Waals surface area contributed by atoms with E-state index in [0.717, 1.165) is 22.1 Å². The topological polar surface area (TPSA) is 114 Å². The van der Waals surface area contributed by atoms with Crippen LogP contribution in [0.5, 0.6) is 28.7 Å². The standard InChI is InChI=1S/C34H36O9/c1-8-9-22-14-25-19(2)33(43-34(25)31(15-22)40-7)24-11-13-27(30(17-24)39-6)41-20(3)26(18-32(36)37)23-10-12-28(42-21(4)35)29(16-23)38-5/h8-17,20,26H,18H2,1-7H3,(H,36,37)/b9-8+. The average Bonchev–Trinajstić information content (AvgIpc) is 3.31. The molecule has 0 radical (unpaired) electrons. The Morgan fingerprint density at radius 3 is 2.21 bits per heavy atom. The maximum atomic E-state index is 11.8. The number of benzene rings is 3. The lowest BCUT2D eigenvalue weighted by atomic mass is 9.90. The van der Waals surface area contributed by atoms with Crippen molar-refractivity contribution in [3.05, 3.63) is 71.3 Å². The van der Waals surface area contributed by atoms with Gasteiger partial charge in [-0.1, -0.05) is 18.2 Å². The predicted molar refractivity (Wildman–Crippen MR) is 164 cm³/mol. The molecule has 0 aliphatic rings. The molecule has 1 aromatic heterocycles. The van der Waals surface area contributed by atoms with Gasteiger partial charge in [-0.3, -0.25) is 9.59 Å². The van der Waals surface area contributed by atoms with Crippen molar-refractivity contribution in [2.75, 3.05) is 21.3 Å².